The van der Waals surface area contributed by atoms with Crippen LogP contribution in [-0.2, 0) is 24.7 Å². The first-order valence-electron chi connectivity index (χ1n) is 8.72. The Morgan fingerprint density at radius 2 is 1.69 bits per heavy atom. The van der Waals surface area contributed by atoms with Gasteiger partial charge in [-0.25, -0.2) is 0 Å². The van der Waals surface area contributed by atoms with Gasteiger partial charge in [-0.1, -0.05) is 60.7 Å². The molecule has 2 aliphatic rings. The van der Waals surface area contributed by atoms with Gasteiger partial charge in [-0.3, -0.25) is 14.4 Å². The Bertz CT molecular complexity index is 879. The maximum Gasteiger partial charge on any atom is 0.323 e. The topological polar surface area (TPSA) is 72.5 Å². The summed E-state index contributed by atoms with van der Waals surface area (Å²) in [5.41, 5.74) is -0.906. The van der Waals surface area contributed by atoms with Gasteiger partial charge in [0.15, 0.2) is 5.41 Å². The Morgan fingerprint density at radius 3 is 2.31 bits per heavy atom. The normalized spacial score (nSPS) is 29.5. The van der Waals surface area contributed by atoms with E-state index >= 15 is 0 Å². The molecular formula is C21H19NO4. The lowest BCUT2D eigenvalue weighted by atomic mass is 9.45. The molecule has 1 saturated heterocycles. The Kier molecular flexibility index (Phi) is 3.68. The molecule has 0 bridgehead atoms. The first-order valence-corrected chi connectivity index (χ1v) is 8.72. The van der Waals surface area contributed by atoms with Crippen LogP contribution in [0.1, 0.15) is 30.4 Å². The minimum absolute atomic E-state index is 0.156. The van der Waals surface area contributed by atoms with E-state index in [2.05, 4.69) is 5.32 Å². The van der Waals surface area contributed by atoms with Crippen LogP contribution in [0.15, 0.2) is 60.7 Å². The van der Waals surface area contributed by atoms with Crippen LogP contribution in [0.3, 0.4) is 0 Å². The third-order valence-electron chi connectivity index (χ3n) is 5.67. The van der Waals surface area contributed by atoms with Gasteiger partial charge in [0.05, 0.1) is 12.1 Å². The summed E-state index contributed by atoms with van der Waals surface area (Å²) in [5, 5.41) is 2.87. The van der Waals surface area contributed by atoms with Crippen molar-refractivity contribution in [3.05, 3.63) is 71.8 Å². The number of hydrogen-bond donors (Lipinski definition) is 1. The molecule has 132 valence electrons. The molecule has 1 amide bonds. The highest BCUT2D eigenvalue weighted by atomic mass is 16.5. The molecule has 0 spiro atoms. The monoisotopic (exact) mass is 349 g/mol. The number of nitrogens with one attached hydrogen (secondary N) is 1. The first-order chi connectivity index (χ1) is 12.6. The first kappa shape index (κ1) is 16.5. The Morgan fingerprint density at radius 1 is 1.08 bits per heavy atom. The van der Waals surface area contributed by atoms with Crippen molar-refractivity contribution in [3.8, 4) is 0 Å². The molecule has 2 aromatic rings. The molecule has 5 nitrogen and oxygen atoms in total. The van der Waals surface area contributed by atoms with Crippen molar-refractivity contribution in [3.63, 3.8) is 0 Å². The molecular weight excluding hydrogens is 330 g/mol. The highest BCUT2D eigenvalue weighted by Gasteiger charge is 2.80. The summed E-state index contributed by atoms with van der Waals surface area (Å²) in [4.78, 5) is 38.2. The van der Waals surface area contributed by atoms with Crippen LogP contribution in [0.25, 0.3) is 0 Å². The van der Waals surface area contributed by atoms with Crippen LogP contribution in [0.5, 0.6) is 0 Å². The summed E-state index contributed by atoms with van der Waals surface area (Å²) in [6.45, 7) is 1.85. The average molecular weight is 349 g/mol. The molecule has 5 heteroatoms. The van der Waals surface area contributed by atoms with Crippen molar-refractivity contribution in [1.29, 1.82) is 0 Å². The highest BCUT2D eigenvalue weighted by molar-refractivity contribution is 6.45. The van der Waals surface area contributed by atoms with E-state index in [1.807, 2.05) is 60.7 Å². The highest BCUT2D eigenvalue weighted by Crippen LogP contribution is 2.67. The number of carbonyl (C=O) groups excluding carboxylic acids is 3. The fraction of sp³-hybridized carbons (Fsp3) is 0.286. The predicted octanol–water partition coefficient (Wildman–Crippen LogP) is 2.32. The number of ether oxygens (including phenoxy) is 1. The molecule has 1 aliphatic carbocycles. The molecule has 26 heavy (non-hydrogen) atoms. The Labute approximate surface area is 151 Å². The number of Topliss-reactive ketones (excluding diaryl/α,β-unsaturated/α-hetero) is 1. The van der Waals surface area contributed by atoms with Gasteiger partial charge in [-0.2, -0.15) is 0 Å². The summed E-state index contributed by atoms with van der Waals surface area (Å²) in [7, 11) is 0. The summed E-state index contributed by atoms with van der Waals surface area (Å²) < 4.78 is 5.25. The van der Waals surface area contributed by atoms with Crippen LogP contribution in [0.2, 0.25) is 0 Å². The Balaban J connectivity index is 1.94. The van der Waals surface area contributed by atoms with Crippen LogP contribution in [0, 0.1) is 5.41 Å². The maximum atomic E-state index is 12.9. The second-order valence-electron chi connectivity index (χ2n) is 6.75. The van der Waals surface area contributed by atoms with E-state index in [-0.39, 0.29) is 18.9 Å². The fourth-order valence-electron chi connectivity index (χ4n) is 4.55. The van der Waals surface area contributed by atoms with E-state index in [4.69, 9.17) is 4.74 Å². The van der Waals surface area contributed by atoms with Crippen molar-refractivity contribution in [2.75, 3.05) is 6.61 Å². The second-order valence-corrected chi connectivity index (χ2v) is 6.75. The smallest absolute Gasteiger partial charge is 0.323 e. The molecule has 2 aromatic carbocycles. The van der Waals surface area contributed by atoms with E-state index < -0.39 is 28.6 Å². The number of hydrogen-bond acceptors (Lipinski definition) is 4. The van der Waals surface area contributed by atoms with Crippen molar-refractivity contribution >= 4 is 17.7 Å². The van der Waals surface area contributed by atoms with Gasteiger partial charge in [0, 0.05) is 5.92 Å². The van der Waals surface area contributed by atoms with Gasteiger partial charge >= 0.3 is 5.97 Å². The van der Waals surface area contributed by atoms with Gasteiger partial charge < -0.3 is 10.1 Å². The van der Waals surface area contributed by atoms with E-state index in [1.54, 1.807) is 6.92 Å². The fourth-order valence-corrected chi connectivity index (χ4v) is 4.55. The van der Waals surface area contributed by atoms with Crippen molar-refractivity contribution in [2.45, 2.75) is 24.8 Å². The predicted molar refractivity (Wildman–Crippen MR) is 94.1 cm³/mol. The average Bonchev–Trinajstić information content (AvgIpc) is 2.83. The minimum atomic E-state index is -1.51. The summed E-state index contributed by atoms with van der Waals surface area (Å²) in [5.74, 6) is -2.24. The number of carbonyl (C=O) groups is 3. The number of esters is 1. The van der Waals surface area contributed by atoms with E-state index in [0.29, 0.717) is 0 Å². The summed E-state index contributed by atoms with van der Waals surface area (Å²) >= 11 is 0. The quantitative estimate of drug-likeness (QED) is 0.522. The summed E-state index contributed by atoms with van der Waals surface area (Å²) in [6.07, 6.45) is 0.252. The number of ketones is 1. The van der Waals surface area contributed by atoms with Gasteiger partial charge in [-0.05, 0) is 24.5 Å². The minimum Gasteiger partial charge on any atom is -0.465 e. The van der Waals surface area contributed by atoms with Crippen LogP contribution in [-0.4, -0.2) is 24.3 Å². The zero-order valence-electron chi connectivity index (χ0n) is 14.4. The van der Waals surface area contributed by atoms with Crippen LogP contribution < -0.4 is 5.32 Å². The van der Waals surface area contributed by atoms with Crippen molar-refractivity contribution in [2.24, 2.45) is 5.41 Å². The van der Waals surface area contributed by atoms with E-state index in [1.165, 1.54) is 0 Å². The molecule has 1 N–H and O–H groups in total. The largest absolute Gasteiger partial charge is 0.465 e. The van der Waals surface area contributed by atoms with Crippen molar-refractivity contribution < 1.29 is 19.1 Å². The third kappa shape index (κ3) is 1.88. The number of fused-ring (bicyclic) bond motifs is 1. The van der Waals surface area contributed by atoms with Gasteiger partial charge in [0.2, 0.25) is 5.78 Å². The molecule has 3 atom stereocenters. The zero-order chi connectivity index (χ0) is 18.4. The number of rotatable bonds is 4. The lowest BCUT2D eigenvalue weighted by Crippen LogP contribution is -2.67. The number of amides is 1. The summed E-state index contributed by atoms with van der Waals surface area (Å²) in [6, 6.07) is 18.9. The molecule has 1 heterocycles. The molecule has 0 unspecified atom stereocenters. The molecule has 2 fully saturated rings. The van der Waals surface area contributed by atoms with E-state index in [0.717, 1.165) is 11.1 Å². The molecule has 4 rings (SSSR count). The van der Waals surface area contributed by atoms with Crippen LogP contribution >= 0.6 is 0 Å². The zero-order valence-corrected chi connectivity index (χ0v) is 14.4. The van der Waals surface area contributed by atoms with E-state index in [9.17, 15) is 14.4 Å². The van der Waals surface area contributed by atoms with Gasteiger partial charge in [-0.15, -0.1) is 0 Å². The Hall–Kier alpha value is -2.95. The standard InChI is InChI=1S/C21H19NO4/c1-2-26-19(25)20-13-16(14-9-5-3-6-10-14)21(20,22-18(24)17(20)23)15-11-7-4-8-12-15/h3-12,16H,2,13H2,1H3,(H,22,24)/t16-,20-,21-/m1/s1. The third-order valence-corrected chi connectivity index (χ3v) is 5.67. The SMILES string of the molecule is CCOC(=O)[C@]12C[C@H](c3ccccc3)[C@@]1(c1ccccc1)NC(=O)C2=O. The van der Waals surface area contributed by atoms with Gasteiger partial charge in [0.1, 0.15) is 0 Å². The van der Waals surface area contributed by atoms with Crippen LogP contribution in [0.4, 0.5) is 0 Å². The second kappa shape index (κ2) is 5.80. The number of benzene rings is 2. The molecule has 1 saturated carbocycles. The van der Waals surface area contributed by atoms with Crippen molar-refractivity contribution in [1.82, 2.24) is 5.32 Å². The molecule has 0 radical (unpaired) electrons. The maximum absolute atomic E-state index is 12.9. The van der Waals surface area contributed by atoms with Gasteiger partial charge in [0.25, 0.3) is 5.91 Å². The lowest BCUT2D eigenvalue weighted by Gasteiger charge is -2.57. The molecule has 1 aliphatic heterocycles. The lowest BCUT2D eigenvalue weighted by molar-refractivity contribution is -0.175. The molecule has 0 aromatic heterocycles.